The highest BCUT2D eigenvalue weighted by molar-refractivity contribution is 6.10. The minimum absolute atomic E-state index is 0.205. The van der Waals surface area contributed by atoms with Gasteiger partial charge >= 0.3 is 12.2 Å². The van der Waals surface area contributed by atoms with Gasteiger partial charge in [0.15, 0.2) is 34.6 Å². The second-order valence-electron chi connectivity index (χ2n) is 17.0. The third kappa shape index (κ3) is 26.1. The first-order valence-corrected chi connectivity index (χ1v) is 22.2. The largest absolute Gasteiger partial charge is 0.490 e. The van der Waals surface area contributed by atoms with Gasteiger partial charge in [-0.3, -0.25) is 9.59 Å². The summed E-state index contributed by atoms with van der Waals surface area (Å²) in [6.45, 7) is 17.1. The molecule has 0 saturated heterocycles. The Labute approximate surface area is 365 Å². The number of ether oxygens (including phenoxy) is 6. The first-order valence-electron chi connectivity index (χ1n) is 22.2. The van der Waals surface area contributed by atoms with Gasteiger partial charge in [0.05, 0.1) is 32.7 Å². The minimum atomic E-state index is -0.597. The second kappa shape index (κ2) is 29.3. The van der Waals surface area contributed by atoms with Crippen LogP contribution in [0.25, 0.3) is 12.2 Å². The summed E-state index contributed by atoms with van der Waals surface area (Å²) in [6, 6.07) is 10.7. The summed E-state index contributed by atoms with van der Waals surface area (Å²) in [4.78, 5) is 49.8. The molecule has 0 aromatic heterocycles. The van der Waals surface area contributed by atoms with Crippen molar-refractivity contribution in [2.24, 2.45) is 0 Å². The van der Waals surface area contributed by atoms with Crippen molar-refractivity contribution >= 4 is 35.9 Å². The molecule has 2 rings (SSSR count). The van der Waals surface area contributed by atoms with Crippen LogP contribution in [0.3, 0.4) is 0 Å². The number of hydrogen-bond donors (Lipinski definition) is 2. The Bertz CT molecular complexity index is 1550. The van der Waals surface area contributed by atoms with E-state index in [1.807, 2.05) is 0 Å². The van der Waals surface area contributed by atoms with Gasteiger partial charge in [0.1, 0.15) is 24.4 Å². The van der Waals surface area contributed by atoms with Crippen molar-refractivity contribution in [3.63, 3.8) is 0 Å². The van der Waals surface area contributed by atoms with Gasteiger partial charge in [0, 0.05) is 0 Å². The Kier molecular flexibility index (Phi) is 25.0. The lowest BCUT2D eigenvalue weighted by molar-refractivity contribution is -0.121. The van der Waals surface area contributed by atoms with E-state index in [9.17, 15) is 19.2 Å². The molecule has 0 aliphatic rings. The van der Waals surface area contributed by atoms with Crippen molar-refractivity contribution in [1.82, 2.24) is 10.6 Å². The van der Waals surface area contributed by atoms with Gasteiger partial charge in [-0.25, -0.2) is 9.59 Å². The van der Waals surface area contributed by atoms with Crippen LogP contribution in [-0.2, 0) is 19.1 Å². The zero-order valence-electron chi connectivity index (χ0n) is 38.3. The van der Waals surface area contributed by atoms with Crippen molar-refractivity contribution in [2.75, 3.05) is 39.5 Å². The van der Waals surface area contributed by atoms with Crippen LogP contribution in [0.4, 0.5) is 9.59 Å². The molecule has 12 heteroatoms. The summed E-state index contributed by atoms with van der Waals surface area (Å²) in [5.74, 6) is 1.42. The van der Waals surface area contributed by atoms with E-state index in [2.05, 4.69) is 24.5 Å². The van der Waals surface area contributed by atoms with Crippen LogP contribution in [0, 0.1) is 0 Å². The van der Waals surface area contributed by atoms with E-state index in [1.165, 1.54) is 50.7 Å². The molecular weight excluding hydrogens is 777 g/mol. The topological polar surface area (TPSA) is 148 Å². The summed E-state index contributed by atoms with van der Waals surface area (Å²) < 4.78 is 34.7. The van der Waals surface area contributed by atoms with Gasteiger partial charge in [0.2, 0.25) is 0 Å². The number of carbonyl (C=O) groups is 4. The Morgan fingerprint density at radius 2 is 0.852 bits per heavy atom. The number of nitrogens with one attached hydrogen (secondary N) is 2. The molecule has 12 nitrogen and oxygen atoms in total. The molecule has 61 heavy (non-hydrogen) atoms. The molecule has 0 bridgehead atoms. The fourth-order valence-corrected chi connectivity index (χ4v) is 5.77. The highest BCUT2D eigenvalue weighted by Crippen LogP contribution is 2.31. The Balaban J connectivity index is 2.04. The van der Waals surface area contributed by atoms with Gasteiger partial charge in [-0.1, -0.05) is 102 Å². The van der Waals surface area contributed by atoms with E-state index in [0.717, 1.165) is 38.5 Å². The number of carbonyl (C=O) groups excluding carboxylic acids is 4. The lowest BCUT2D eigenvalue weighted by atomic mass is 10.1. The number of rotatable bonds is 30. The van der Waals surface area contributed by atoms with E-state index < -0.39 is 23.4 Å². The standard InChI is InChI=1S/C49H74N2O10/c1-9-11-13-15-17-19-31-56-44-35-38(23-27-42(44)58-33-29-50-46(54)60-48(3,4)5)21-25-40(52)37-41(53)26-22-39-24-28-43(59-34-30-51-47(55)61-49(6,7)8)45(36-39)57-32-20-18-16-14-12-10-2/h21-28,35-36H,9-20,29-34,37H2,1-8H3,(H,50,54)(H,51,55)/b25-21+,26-22+. The maximum absolute atomic E-state index is 12.9. The Hall–Kier alpha value is -5.00. The average Bonchev–Trinajstić information content (AvgIpc) is 3.18. The molecule has 0 aliphatic carbocycles. The zero-order valence-corrected chi connectivity index (χ0v) is 38.3. The third-order valence-corrected chi connectivity index (χ3v) is 8.77. The lowest BCUT2D eigenvalue weighted by Gasteiger charge is -2.20. The number of amides is 2. The van der Waals surface area contributed by atoms with Crippen molar-refractivity contribution in [3.05, 3.63) is 59.7 Å². The van der Waals surface area contributed by atoms with Gasteiger partial charge in [-0.2, -0.15) is 0 Å². The quantitative estimate of drug-likeness (QED) is 0.0442. The number of benzene rings is 2. The molecular formula is C49H74N2O10. The summed E-state index contributed by atoms with van der Waals surface area (Å²) in [5, 5.41) is 5.37. The van der Waals surface area contributed by atoms with E-state index >= 15 is 0 Å². The molecule has 2 aromatic carbocycles. The predicted molar refractivity (Wildman–Crippen MR) is 243 cm³/mol. The van der Waals surface area contributed by atoms with Crippen molar-refractivity contribution in [1.29, 1.82) is 0 Å². The Morgan fingerprint density at radius 3 is 1.23 bits per heavy atom. The summed E-state index contributed by atoms with van der Waals surface area (Å²) >= 11 is 0. The van der Waals surface area contributed by atoms with Crippen molar-refractivity contribution in [3.8, 4) is 23.0 Å². The number of unbranched alkanes of at least 4 members (excludes halogenated alkanes) is 10. The SMILES string of the molecule is CCCCCCCCOc1cc(/C=C/C(=O)CC(=O)/C=C/c2ccc(OCCNC(=O)OC(C)(C)C)c(OCCCCCCCC)c2)ccc1OCCNC(=O)OC(C)(C)C. The molecule has 0 heterocycles. The molecule has 0 aliphatic heterocycles. The van der Waals surface area contributed by atoms with Gasteiger partial charge in [-0.05, 0) is 102 Å². The van der Waals surface area contributed by atoms with E-state index in [-0.39, 0.29) is 44.3 Å². The minimum Gasteiger partial charge on any atom is -0.490 e. The molecule has 0 saturated carbocycles. The number of ketones is 2. The molecule has 2 amide bonds. The molecule has 0 radical (unpaired) electrons. The maximum atomic E-state index is 12.9. The van der Waals surface area contributed by atoms with E-state index in [4.69, 9.17) is 28.4 Å². The van der Waals surface area contributed by atoms with Crippen LogP contribution in [0.2, 0.25) is 0 Å². The highest BCUT2D eigenvalue weighted by Gasteiger charge is 2.17. The number of allylic oxidation sites excluding steroid dienone is 2. The molecule has 340 valence electrons. The maximum Gasteiger partial charge on any atom is 0.407 e. The van der Waals surface area contributed by atoms with Crippen LogP contribution in [0.15, 0.2) is 48.6 Å². The highest BCUT2D eigenvalue weighted by atomic mass is 16.6. The molecule has 0 fully saturated rings. The second-order valence-corrected chi connectivity index (χ2v) is 17.0. The first-order chi connectivity index (χ1) is 29.1. The van der Waals surface area contributed by atoms with E-state index in [0.29, 0.717) is 47.3 Å². The third-order valence-electron chi connectivity index (χ3n) is 8.77. The molecule has 0 spiro atoms. The number of hydrogen-bond acceptors (Lipinski definition) is 10. The molecule has 0 atom stereocenters. The first kappa shape index (κ1) is 52.1. The van der Waals surface area contributed by atoms with Gasteiger partial charge in [0.25, 0.3) is 0 Å². The normalized spacial score (nSPS) is 11.7. The van der Waals surface area contributed by atoms with Crippen LogP contribution < -0.4 is 29.6 Å². The average molecular weight is 851 g/mol. The van der Waals surface area contributed by atoms with Crippen LogP contribution >= 0.6 is 0 Å². The van der Waals surface area contributed by atoms with E-state index in [1.54, 1.807) is 90.1 Å². The molecule has 2 aromatic rings. The number of alkyl carbamates (subject to hydrolysis) is 2. The van der Waals surface area contributed by atoms with Crippen LogP contribution in [-0.4, -0.2) is 74.5 Å². The van der Waals surface area contributed by atoms with Crippen LogP contribution in [0.5, 0.6) is 23.0 Å². The Morgan fingerprint density at radius 1 is 0.492 bits per heavy atom. The van der Waals surface area contributed by atoms with Crippen molar-refractivity contribution < 1.29 is 47.6 Å². The summed E-state index contributed by atoms with van der Waals surface area (Å²) in [7, 11) is 0. The fourth-order valence-electron chi connectivity index (χ4n) is 5.77. The summed E-state index contributed by atoms with van der Waals surface area (Å²) in [6.07, 6.45) is 18.3. The lowest BCUT2D eigenvalue weighted by Crippen LogP contribution is -2.34. The zero-order chi connectivity index (χ0) is 44.9. The summed E-state index contributed by atoms with van der Waals surface area (Å²) in [5.41, 5.74) is 0.232. The van der Waals surface area contributed by atoms with Gasteiger partial charge < -0.3 is 39.1 Å². The fraction of sp³-hybridized carbons (Fsp3) is 0.592. The monoisotopic (exact) mass is 851 g/mol. The van der Waals surface area contributed by atoms with Crippen molar-refractivity contribution in [2.45, 2.75) is 150 Å². The predicted octanol–water partition coefficient (Wildman–Crippen LogP) is 11.2. The smallest absolute Gasteiger partial charge is 0.407 e. The van der Waals surface area contributed by atoms with Gasteiger partial charge in [-0.15, -0.1) is 0 Å². The van der Waals surface area contributed by atoms with Crippen LogP contribution in [0.1, 0.15) is 150 Å². The molecule has 0 unspecified atom stereocenters. The molecule has 2 N–H and O–H groups in total.